The molecule has 3 N–H and O–H groups in total. The van der Waals surface area contributed by atoms with E-state index in [4.69, 9.17) is 0 Å². The van der Waals surface area contributed by atoms with E-state index in [0.717, 1.165) is 23.5 Å². The largest absolute Gasteiger partial charge is 0.358 e. The van der Waals surface area contributed by atoms with E-state index >= 15 is 0 Å². The average Bonchev–Trinajstić information content (AvgIpc) is 3.30. The first-order valence-corrected chi connectivity index (χ1v) is 16.5. The Balaban J connectivity index is 0. The summed E-state index contributed by atoms with van der Waals surface area (Å²) in [5, 5.41) is 0. The molecule has 4 heteroatoms. The molecule has 0 heterocycles. The lowest BCUT2D eigenvalue weighted by atomic mass is 9.89. The molecule has 2 rings (SSSR count). The number of allylic oxidation sites excluding steroid dienone is 12. The minimum atomic E-state index is -0.0416. The fraction of sp³-hybridized carbons (Fsp3) is 0.556. The lowest BCUT2D eigenvalue weighted by Crippen LogP contribution is -2.49. The first-order chi connectivity index (χ1) is 19.2. The fourth-order valence-corrected chi connectivity index (χ4v) is 4.80. The molecular formula is C36H62Cl2N2+2. The standard InChI is InChI=1S/C32H48N.C2H7N.2CH3Cl/c1-8-28(26-29-16-13-21-31(6,9-2)23-19-29)18-15-25-33(11-4,12-5)27-30-17-14-22-32(7,10-3)24-20-30;1-2-3;2*1-2/h9-10,13-14,16-17,19-24,28H,2-3,8,11-12,15,18,25-27H2,1,4-7H3;2-3H2,1H3;2*1H3/q+1;;;/p+1. The molecule has 0 aromatic carbocycles. The van der Waals surface area contributed by atoms with Gasteiger partial charge in [0.25, 0.3) is 0 Å². The maximum atomic E-state index is 4.64. The molecule has 0 bridgehead atoms. The van der Waals surface area contributed by atoms with Crippen LogP contribution in [0.25, 0.3) is 0 Å². The second kappa shape index (κ2) is 23.0. The van der Waals surface area contributed by atoms with Gasteiger partial charge in [0.2, 0.25) is 0 Å². The van der Waals surface area contributed by atoms with E-state index in [1.54, 1.807) is 0 Å². The molecule has 0 radical (unpaired) electrons. The van der Waals surface area contributed by atoms with Crippen molar-refractivity contribution in [1.29, 1.82) is 0 Å². The van der Waals surface area contributed by atoms with Gasteiger partial charge in [-0.1, -0.05) is 86.3 Å². The van der Waals surface area contributed by atoms with Crippen LogP contribution in [0.1, 0.15) is 67.2 Å². The molecule has 0 saturated carbocycles. The molecule has 0 spiro atoms. The van der Waals surface area contributed by atoms with Gasteiger partial charge in [-0.05, 0) is 65.4 Å². The molecule has 0 aromatic rings. The Morgan fingerprint density at radius 1 is 0.825 bits per heavy atom. The van der Waals surface area contributed by atoms with Crippen LogP contribution in [-0.4, -0.2) is 50.0 Å². The first kappa shape index (κ1) is 40.6. The van der Waals surface area contributed by atoms with Crippen LogP contribution in [0.4, 0.5) is 0 Å². The highest BCUT2D eigenvalue weighted by molar-refractivity contribution is 6.15. The van der Waals surface area contributed by atoms with Crippen molar-refractivity contribution < 1.29 is 10.2 Å². The highest BCUT2D eigenvalue weighted by Crippen LogP contribution is 2.29. The summed E-state index contributed by atoms with van der Waals surface area (Å²) < 4.78 is 1.16. The third-order valence-electron chi connectivity index (χ3n) is 7.93. The van der Waals surface area contributed by atoms with Gasteiger partial charge < -0.3 is 10.2 Å². The number of quaternary nitrogens is 2. The zero-order valence-electron chi connectivity index (χ0n) is 27.2. The van der Waals surface area contributed by atoms with Gasteiger partial charge in [0, 0.05) is 29.2 Å². The number of likely N-dealkylation sites (N-methyl/N-ethyl adjacent to an activating group) is 1. The van der Waals surface area contributed by atoms with Crippen LogP contribution in [0.5, 0.6) is 0 Å². The minimum Gasteiger partial charge on any atom is -0.358 e. The zero-order valence-corrected chi connectivity index (χ0v) is 28.7. The average molecular weight is 594 g/mol. The molecule has 228 valence electrons. The van der Waals surface area contributed by atoms with Crippen molar-refractivity contribution in [3.05, 3.63) is 97.2 Å². The van der Waals surface area contributed by atoms with Crippen molar-refractivity contribution in [2.75, 3.05) is 45.5 Å². The van der Waals surface area contributed by atoms with E-state index in [1.165, 1.54) is 69.2 Å². The smallest absolute Gasteiger partial charge is 0.104 e. The number of halogens is 2. The van der Waals surface area contributed by atoms with E-state index in [2.05, 4.69) is 137 Å². The summed E-state index contributed by atoms with van der Waals surface area (Å²) in [6.07, 6.45) is 34.7. The zero-order chi connectivity index (χ0) is 31.1. The molecule has 0 aromatic heterocycles. The topological polar surface area (TPSA) is 27.6 Å². The summed E-state index contributed by atoms with van der Waals surface area (Å²) >= 11 is 9.28. The van der Waals surface area contributed by atoms with Crippen molar-refractivity contribution in [3.63, 3.8) is 0 Å². The van der Waals surface area contributed by atoms with Crippen LogP contribution >= 0.6 is 23.2 Å². The van der Waals surface area contributed by atoms with Crippen LogP contribution < -0.4 is 5.73 Å². The summed E-state index contributed by atoms with van der Waals surface area (Å²) in [5.74, 6) is 0.742. The summed E-state index contributed by atoms with van der Waals surface area (Å²) in [5.41, 5.74) is 6.29. The van der Waals surface area contributed by atoms with Gasteiger partial charge in [-0.2, -0.15) is 0 Å². The summed E-state index contributed by atoms with van der Waals surface area (Å²) in [6.45, 7) is 27.2. The van der Waals surface area contributed by atoms with Gasteiger partial charge in [-0.25, -0.2) is 0 Å². The Kier molecular flexibility index (Phi) is 23.4. The number of hydrogen-bond acceptors (Lipinski definition) is 0. The number of rotatable bonds is 13. The van der Waals surface area contributed by atoms with E-state index in [1.807, 2.05) is 19.1 Å². The van der Waals surface area contributed by atoms with Gasteiger partial charge in [0.05, 0.1) is 26.2 Å². The third-order valence-corrected chi connectivity index (χ3v) is 7.93. The molecule has 3 unspecified atom stereocenters. The molecule has 0 saturated heterocycles. The lowest BCUT2D eigenvalue weighted by molar-refractivity contribution is -0.920. The Labute approximate surface area is 259 Å². The van der Waals surface area contributed by atoms with Gasteiger partial charge in [-0.3, -0.25) is 0 Å². The molecule has 0 aliphatic heterocycles. The molecule has 2 aliphatic carbocycles. The fourth-order valence-electron chi connectivity index (χ4n) is 4.80. The van der Waals surface area contributed by atoms with Crippen LogP contribution in [0, 0.1) is 16.7 Å². The molecule has 0 amide bonds. The lowest BCUT2D eigenvalue weighted by Gasteiger charge is -2.38. The molecule has 2 nitrogen and oxygen atoms in total. The van der Waals surface area contributed by atoms with E-state index in [-0.39, 0.29) is 10.8 Å². The third kappa shape index (κ3) is 15.4. The minimum absolute atomic E-state index is 0.0290. The normalized spacial score (nSPS) is 22.0. The van der Waals surface area contributed by atoms with Gasteiger partial charge in [-0.15, -0.1) is 36.4 Å². The second-order valence-electron chi connectivity index (χ2n) is 11.0. The van der Waals surface area contributed by atoms with Crippen molar-refractivity contribution >= 4 is 23.2 Å². The molecule has 2 aliphatic rings. The maximum absolute atomic E-state index is 4.64. The monoisotopic (exact) mass is 592 g/mol. The summed E-state index contributed by atoms with van der Waals surface area (Å²) in [6, 6.07) is 0. The first-order valence-electron chi connectivity index (χ1n) is 15.0. The highest BCUT2D eigenvalue weighted by Gasteiger charge is 2.25. The van der Waals surface area contributed by atoms with Crippen molar-refractivity contribution in [1.82, 2.24) is 0 Å². The van der Waals surface area contributed by atoms with Gasteiger partial charge in [0.15, 0.2) is 0 Å². The Hall–Kier alpha value is -1.58. The predicted octanol–water partition coefficient (Wildman–Crippen LogP) is 9.49. The molecular weight excluding hydrogens is 531 g/mol. The van der Waals surface area contributed by atoms with Crippen LogP contribution in [0.2, 0.25) is 0 Å². The van der Waals surface area contributed by atoms with E-state index in [9.17, 15) is 0 Å². The Bertz CT molecular complexity index is 873. The van der Waals surface area contributed by atoms with Crippen molar-refractivity contribution in [2.24, 2.45) is 16.7 Å². The number of hydrogen-bond donors (Lipinski definition) is 1. The SMILES string of the molecule is C=CC1(C)C=CC=C(CC(CC)CCC[N+](CC)(CC)CC2=CC=CC(C)(C=C)C=C2)C=C1.CC[NH3+].CCl.CCl. The Morgan fingerprint density at radius 2 is 1.27 bits per heavy atom. The molecule has 40 heavy (non-hydrogen) atoms. The van der Waals surface area contributed by atoms with Crippen molar-refractivity contribution in [2.45, 2.75) is 67.2 Å². The number of nitrogens with zero attached hydrogens (tertiary/aromatic N) is 1. The van der Waals surface area contributed by atoms with Gasteiger partial charge in [0.1, 0.15) is 6.54 Å². The van der Waals surface area contributed by atoms with Crippen LogP contribution in [0.15, 0.2) is 97.2 Å². The second-order valence-corrected chi connectivity index (χ2v) is 11.0. The summed E-state index contributed by atoms with van der Waals surface area (Å²) in [4.78, 5) is 0. The number of alkyl halides is 2. The predicted molar refractivity (Wildman–Crippen MR) is 185 cm³/mol. The molecule has 0 fully saturated rings. The molecule has 3 atom stereocenters. The Morgan fingerprint density at radius 3 is 1.70 bits per heavy atom. The van der Waals surface area contributed by atoms with Crippen LogP contribution in [0.3, 0.4) is 0 Å². The van der Waals surface area contributed by atoms with Crippen LogP contribution in [-0.2, 0) is 0 Å². The van der Waals surface area contributed by atoms with E-state index in [0.29, 0.717) is 0 Å². The van der Waals surface area contributed by atoms with Crippen molar-refractivity contribution in [3.8, 4) is 0 Å². The quantitative estimate of drug-likeness (QED) is 0.125. The van der Waals surface area contributed by atoms with Gasteiger partial charge >= 0.3 is 0 Å². The maximum Gasteiger partial charge on any atom is 0.104 e. The summed E-state index contributed by atoms with van der Waals surface area (Å²) in [7, 11) is 0. The highest BCUT2D eigenvalue weighted by atomic mass is 35.5. The van der Waals surface area contributed by atoms with E-state index < -0.39 is 0 Å².